The number of nitrogens with two attached hydrogens (primary N) is 1. The molecule has 0 atom stereocenters. The van der Waals surface area contributed by atoms with Crippen LogP contribution in [-0.4, -0.2) is 14.5 Å². The fourth-order valence-electron chi connectivity index (χ4n) is 3.82. The smallest absolute Gasteiger partial charge is 0.135 e. The highest BCUT2D eigenvalue weighted by Crippen LogP contribution is 2.40. The molecule has 1 aliphatic carbocycles. The van der Waals surface area contributed by atoms with Gasteiger partial charge in [0, 0.05) is 29.6 Å². The average molecular weight is 374 g/mol. The molecule has 5 N–H and O–H groups in total. The molecule has 0 aliphatic heterocycles. The molecule has 28 heavy (non-hydrogen) atoms. The number of rotatable bonds is 4. The highest BCUT2D eigenvalue weighted by atomic mass is 15.0. The van der Waals surface area contributed by atoms with Crippen molar-refractivity contribution in [2.24, 2.45) is 0 Å². The molecule has 2 aromatic carbocycles. The van der Waals surface area contributed by atoms with E-state index < -0.39 is 0 Å². The molecular weight excluding hydrogens is 346 g/mol. The Hall–Kier alpha value is -2.92. The Morgan fingerprint density at radius 2 is 1.79 bits per heavy atom. The summed E-state index contributed by atoms with van der Waals surface area (Å²) in [7, 11) is 0. The largest absolute Gasteiger partial charge is 0.383 e. The molecule has 4 aromatic rings. The summed E-state index contributed by atoms with van der Waals surface area (Å²) < 4.78 is 2.27. The Balaban J connectivity index is 0.00000192. The van der Waals surface area contributed by atoms with Crippen LogP contribution < -0.4 is 11.9 Å². The Bertz CT molecular complexity index is 1140. The van der Waals surface area contributed by atoms with E-state index in [1.807, 2.05) is 0 Å². The molecule has 5 heteroatoms. The summed E-state index contributed by atoms with van der Waals surface area (Å²) in [6.07, 6.45) is 4.49. The molecular formula is C23H27N5. The minimum atomic E-state index is 0. The number of aromatic nitrogens is 3. The molecule has 2 aromatic heterocycles. The van der Waals surface area contributed by atoms with Crippen LogP contribution in [0.2, 0.25) is 0 Å². The maximum absolute atomic E-state index is 6.34. The van der Waals surface area contributed by atoms with E-state index in [0.717, 1.165) is 28.7 Å². The number of nitrogen functional groups attached to an aromatic ring is 1. The molecule has 1 saturated carbocycles. The number of hydrogen-bond acceptors (Lipinski definition) is 4. The highest BCUT2D eigenvalue weighted by molar-refractivity contribution is 6.10. The third-order valence-electron chi connectivity index (χ3n) is 5.60. The summed E-state index contributed by atoms with van der Waals surface area (Å²) in [6.45, 7) is 5.29. The van der Waals surface area contributed by atoms with Crippen LogP contribution in [0, 0.1) is 0 Å². The van der Waals surface area contributed by atoms with Crippen molar-refractivity contribution in [1.29, 1.82) is 0 Å². The van der Waals surface area contributed by atoms with E-state index in [2.05, 4.69) is 72.1 Å². The van der Waals surface area contributed by atoms with E-state index in [9.17, 15) is 0 Å². The van der Waals surface area contributed by atoms with Gasteiger partial charge < -0.3 is 16.5 Å². The van der Waals surface area contributed by atoms with Gasteiger partial charge in [-0.3, -0.25) is 0 Å². The Morgan fingerprint density at radius 1 is 1.04 bits per heavy atom. The average Bonchev–Trinajstić information content (AvgIpc) is 3.44. The second kappa shape index (κ2) is 6.91. The molecule has 0 spiro atoms. The van der Waals surface area contributed by atoms with Gasteiger partial charge in [-0.25, -0.2) is 9.97 Å². The van der Waals surface area contributed by atoms with Crippen molar-refractivity contribution < 1.29 is 0 Å². The van der Waals surface area contributed by atoms with Crippen molar-refractivity contribution in [1.82, 2.24) is 20.7 Å². The summed E-state index contributed by atoms with van der Waals surface area (Å²) in [5.74, 6) is 2.57. The number of fused-ring (bicyclic) bond motifs is 3. The van der Waals surface area contributed by atoms with Crippen LogP contribution in [0.3, 0.4) is 0 Å². The first-order valence-electron chi connectivity index (χ1n) is 9.74. The van der Waals surface area contributed by atoms with Crippen molar-refractivity contribution in [2.75, 3.05) is 5.73 Å². The van der Waals surface area contributed by atoms with E-state index in [1.165, 1.54) is 29.5 Å². The molecule has 144 valence electrons. The second-order valence-corrected chi connectivity index (χ2v) is 7.97. The molecule has 2 heterocycles. The lowest BCUT2D eigenvalue weighted by molar-refractivity contribution is 0.829. The first-order valence-corrected chi connectivity index (χ1v) is 9.74. The van der Waals surface area contributed by atoms with Gasteiger partial charge in [0.15, 0.2) is 0 Å². The van der Waals surface area contributed by atoms with Crippen molar-refractivity contribution in [3.05, 3.63) is 65.6 Å². The van der Waals surface area contributed by atoms with Crippen LogP contribution in [0.25, 0.3) is 21.8 Å². The lowest BCUT2D eigenvalue weighted by Gasteiger charge is -2.10. The molecule has 0 saturated heterocycles. The second-order valence-electron chi connectivity index (χ2n) is 7.97. The highest BCUT2D eigenvalue weighted by Gasteiger charge is 2.27. The van der Waals surface area contributed by atoms with E-state index in [-0.39, 0.29) is 6.15 Å². The Kier molecular flexibility index (Phi) is 4.55. The maximum Gasteiger partial charge on any atom is 0.135 e. The third-order valence-corrected chi connectivity index (χ3v) is 5.60. The lowest BCUT2D eigenvalue weighted by Crippen LogP contribution is -2.01. The summed E-state index contributed by atoms with van der Waals surface area (Å²) in [4.78, 5) is 9.36. The standard InChI is InChI=1S/C23H24N4.H3N/c1-14(2)16-5-3-15(4-6-16)13-27-12-11-18-20(27)10-9-19-21(18)22(24)26-23(25-19)17-7-8-17;/h3-6,9-12,14,17H,7-8,13H2,1-2H3,(H2,24,25,26);1H3. The summed E-state index contributed by atoms with van der Waals surface area (Å²) >= 11 is 0. The van der Waals surface area contributed by atoms with Crippen LogP contribution in [0.4, 0.5) is 5.82 Å². The van der Waals surface area contributed by atoms with Crippen LogP contribution >= 0.6 is 0 Å². The van der Waals surface area contributed by atoms with Crippen molar-refractivity contribution >= 4 is 27.6 Å². The summed E-state index contributed by atoms with van der Waals surface area (Å²) in [5.41, 5.74) is 11.1. The minimum absolute atomic E-state index is 0. The molecule has 0 unspecified atom stereocenters. The number of benzene rings is 2. The van der Waals surface area contributed by atoms with Gasteiger partial charge in [0.05, 0.1) is 10.9 Å². The number of anilines is 1. The Labute approximate surface area is 165 Å². The first-order chi connectivity index (χ1) is 13.1. The van der Waals surface area contributed by atoms with Crippen LogP contribution in [0.1, 0.15) is 55.5 Å². The zero-order chi connectivity index (χ0) is 18.5. The predicted octanol–water partition coefficient (Wildman–Crippen LogP) is 5.38. The maximum atomic E-state index is 6.34. The van der Waals surface area contributed by atoms with Gasteiger partial charge in [0.1, 0.15) is 11.6 Å². The van der Waals surface area contributed by atoms with E-state index in [4.69, 9.17) is 10.7 Å². The van der Waals surface area contributed by atoms with Gasteiger partial charge in [0.25, 0.3) is 0 Å². The molecule has 5 rings (SSSR count). The van der Waals surface area contributed by atoms with Crippen molar-refractivity contribution in [3.8, 4) is 0 Å². The first kappa shape index (κ1) is 18.4. The summed E-state index contributed by atoms with van der Waals surface area (Å²) in [5, 5.41) is 2.11. The van der Waals surface area contributed by atoms with Gasteiger partial charge in [-0.15, -0.1) is 0 Å². The SMILES string of the molecule is CC(C)c1ccc(Cn2ccc3c4c(N)nc(C5CC5)nc4ccc32)cc1.N. The molecule has 0 bridgehead atoms. The number of nitrogens with zero attached hydrogens (tertiary/aromatic N) is 3. The molecule has 0 amide bonds. The fraction of sp³-hybridized carbons (Fsp3) is 0.304. The van der Waals surface area contributed by atoms with Gasteiger partial charge in [-0.2, -0.15) is 0 Å². The van der Waals surface area contributed by atoms with Crippen LogP contribution in [0.15, 0.2) is 48.7 Å². The topological polar surface area (TPSA) is 91.7 Å². The normalized spacial score (nSPS) is 14.0. The third kappa shape index (κ3) is 3.12. The van der Waals surface area contributed by atoms with Gasteiger partial charge in [-0.05, 0) is 48.1 Å². The molecule has 0 radical (unpaired) electrons. The molecule has 1 fully saturated rings. The van der Waals surface area contributed by atoms with Crippen molar-refractivity contribution in [3.63, 3.8) is 0 Å². The lowest BCUT2D eigenvalue weighted by atomic mass is 10.0. The molecule has 5 nitrogen and oxygen atoms in total. The van der Waals surface area contributed by atoms with Crippen LogP contribution in [-0.2, 0) is 6.54 Å². The fourth-order valence-corrected chi connectivity index (χ4v) is 3.82. The zero-order valence-corrected chi connectivity index (χ0v) is 16.5. The quantitative estimate of drug-likeness (QED) is 0.502. The zero-order valence-electron chi connectivity index (χ0n) is 16.5. The van der Waals surface area contributed by atoms with Crippen molar-refractivity contribution in [2.45, 2.75) is 45.1 Å². The van der Waals surface area contributed by atoms with Gasteiger partial charge in [-0.1, -0.05) is 38.1 Å². The predicted molar refractivity (Wildman–Crippen MR) is 116 cm³/mol. The van der Waals surface area contributed by atoms with Gasteiger partial charge >= 0.3 is 0 Å². The van der Waals surface area contributed by atoms with Crippen LogP contribution in [0.5, 0.6) is 0 Å². The molecule has 1 aliphatic rings. The number of hydrogen-bond donors (Lipinski definition) is 2. The minimum Gasteiger partial charge on any atom is -0.383 e. The summed E-state index contributed by atoms with van der Waals surface area (Å²) in [6, 6.07) is 15.3. The monoisotopic (exact) mass is 373 g/mol. The van der Waals surface area contributed by atoms with E-state index in [0.29, 0.717) is 17.7 Å². The van der Waals surface area contributed by atoms with E-state index in [1.54, 1.807) is 0 Å². The Morgan fingerprint density at radius 3 is 2.46 bits per heavy atom. The van der Waals surface area contributed by atoms with Gasteiger partial charge in [0.2, 0.25) is 0 Å². The van der Waals surface area contributed by atoms with E-state index >= 15 is 0 Å².